The molecule has 0 atom stereocenters. The van der Waals surface area contributed by atoms with Crippen LogP contribution < -0.4 is 4.74 Å². The summed E-state index contributed by atoms with van der Waals surface area (Å²) >= 11 is 0. The Labute approximate surface area is 216 Å². The molecule has 0 aliphatic rings. The first-order valence-electron chi connectivity index (χ1n) is 10.3. The number of alkyl halides is 6. The molecule has 1 N–H and O–H groups in total. The van der Waals surface area contributed by atoms with Gasteiger partial charge >= 0.3 is 29.9 Å². The standard InChI is InChI=1S/C21H15B3F6O7S/c22-7-11-5-12(8-23)16(13(6-11)9-24)36-17(31)14-3-1-2-4-15(14)18(32)37-19(20(25,26)27,21(28,29)30)10-38(33,34)35/h1-6H,7-10H2,(H,33,34,35). The van der Waals surface area contributed by atoms with Crippen LogP contribution in [0.1, 0.15) is 37.4 Å². The molecule has 198 valence electrons. The molecule has 17 heteroatoms. The molecule has 2 rings (SSSR count). The lowest BCUT2D eigenvalue weighted by Gasteiger charge is -2.35. The van der Waals surface area contributed by atoms with Crippen LogP contribution in [0, 0.1) is 0 Å². The fourth-order valence-corrected chi connectivity index (χ4v) is 4.21. The van der Waals surface area contributed by atoms with Crippen LogP contribution >= 0.6 is 0 Å². The first-order valence-corrected chi connectivity index (χ1v) is 11.9. The van der Waals surface area contributed by atoms with Gasteiger partial charge in [-0.05, 0) is 23.3 Å². The molecule has 0 saturated carbocycles. The normalized spacial score (nSPS) is 12.7. The van der Waals surface area contributed by atoms with E-state index < -0.39 is 56.9 Å². The van der Waals surface area contributed by atoms with Crippen molar-refractivity contribution in [2.75, 3.05) is 5.75 Å². The molecule has 0 fully saturated rings. The van der Waals surface area contributed by atoms with Crippen LogP contribution in [-0.2, 0) is 33.8 Å². The summed E-state index contributed by atoms with van der Waals surface area (Å²) in [5.74, 6) is -7.06. The molecule has 0 amide bonds. The SMILES string of the molecule is [B]Cc1cc(C[B])c(OC(=O)c2ccccc2C(=O)OC(CS(=O)(=O)O)(C(F)(F)F)C(F)(F)F)c(C[B])c1. The van der Waals surface area contributed by atoms with Crippen molar-refractivity contribution in [3.63, 3.8) is 0 Å². The minimum Gasteiger partial charge on any atom is -0.435 e. The maximum absolute atomic E-state index is 13.6. The molecule has 0 bridgehead atoms. The van der Waals surface area contributed by atoms with E-state index in [-0.39, 0.29) is 35.8 Å². The highest BCUT2D eigenvalue weighted by Crippen LogP contribution is 2.47. The fourth-order valence-electron chi connectivity index (χ4n) is 3.31. The molecule has 38 heavy (non-hydrogen) atoms. The van der Waals surface area contributed by atoms with Crippen molar-refractivity contribution in [1.82, 2.24) is 0 Å². The predicted molar refractivity (Wildman–Crippen MR) is 123 cm³/mol. The minimum absolute atomic E-state index is 0.0621. The van der Waals surface area contributed by atoms with Crippen LogP contribution in [0.25, 0.3) is 0 Å². The number of halogens is 6. The summed E-state index contributed by atoms with van der Waals surface area (Å²) in [7, 11) is 10.9. The Kier molecular flexibility index (Phi) is 9.42. The summed E-state index contributed by atoms with van der Waals surface area (Å²) in [6.45, 7) is 0. The van der Waals surface area contributed by atoms with E-state index in [1.54, 1.807) is 0 Å². The third-order valence-corrected chi connectivity index (χ3v) is 5.88. The summed E-state index contributed by atoms with van der Waals surface area (Å²) in [6.07, 6.45) is -13.4. The van der Waals surface area contributed by atoms with Gasteiger partial charge in [-0.3, -0.25) is 4.55 Å². The van der Waals surface area contributed by atoms with Gasteiger partial charge < -0.3 is 9.47 Å². The van der Waals surface area contributed by atoms with E-state index in [1.165, 1.54) is 12.1 Å². The molecule has 0 unspecified atom stereocenters. The number of benzene rings is 2. The highest BCUT2D eigenvalue weighted by Gasteiger charge is 2.76. The van der Waals surface area contributed by atoms with Crippen molar-refractivity contribution in [1.29, 1.82) is 0 Å². The van der Waals surface area contributed by atoms with Gasteiger partial charge in [-0.15, -0.1) is 0 Å². The molecule has 0 heterocycles. The molecule has 2 aromatic carbocycles. The highest BCUT2D eigenvalue weighted by atomic mass is 32.2. The van der Waals surface area contributed by atoms with Gasteiger partial charge in [0.05, 0.1) is 34.7 Å². The van der Waals surface area contributed by atoms with Gasteiger partial charge in [0.25, 0.3) is 10.1 Å². The van der Waals surface area contributed by atoms with E-state index in [9.17, 15) is 44.3 Å². The zero-order valence-corrected chi connectivity index (χ0v) is 19.9. The second-order valence-corrected chi connectivity index (χ2v) is 9.18. The van der Waals surface area contributed by atoms with E-state index in [4.69, 9.17) is 32.8 Å². The number of esters is 2. The maximum atomic E-state index is 13.6. The molecule has 0 aliphatic heterocycles. The van der Waals surface area contributed by atoms with Gasteiger partial charge in [0, 0.05) is 0 Å². The lowest BCUT2D eigenvalue weighted by Crippen LogP contribution is -2.63. The van der Waals surface area contributed by atoms with E-state index in [2.05, 4.69) is 4.74 Å². The Hall–Kier alpha value is -2.94. The number of hydrogen-bond donors (Lipinski definition) is 1. The van der Waals surface area contributed by atoms with Gasteiger partial charge in [-0.25, -0.2) is 9.59 Å². The number of carbonyl (C=O) groups excluding carboxylic acids is 2. The Morgan fingerprint density at radius 1 is 0.816 bits per heavy atom. The Morgan fingerprint density at radius 2 is 1.26 bits per heavy atom. The Balaban J connectivity index is 2.58. The second kappa shape index (κ2) is 11.4. The highest BCUT2D eigenvalue weighted by molar-refractivity contribution is 7.85. The minimum atomic E-state index is -6.55. The Bertz CT molecular complexity index is 1270. The maximum Gasteiger partial charge on any atom is 0.438 e. The van der Waals surface area contributed by atoms with Crippen molar-refractivity contribution in [2.45, 2.75) is 36.9 Å². The quantitative estimate of drug-likeness (QED) is 0.166. The summed E-state index contributed by atoms with van der Waals surface area (Å²) in [5.41, 5.74) is -6.63. The topological polar surface area (TPSA) is 107 Å². The number of ether oxygens (including phenoxy) is 2. The number of carbonyl (C=O) groups is 2. The average molecular weight is 558 g/mol. The van der Waals surface area contributed by atoms with Crippen LogP contribution in [0.3, 0.4) is 0 Å². The van der Waals surface area contributed by atoms with Crippen LogP contribution in [0.4, 0.5) is 26.3 Å². The number of rotatable bonds is 9. The molecular weight excluding hydrogens is 543 g/mol. The molecular formula is C21H15B3F6O7S. The molecule has 6 radical (unpaired) electrons. The predicted octanol–water partition coefficient (Wildman–Crippen LogP) is 2.82. The van der Waals surface area contributed by atoms with Crippen molar-refractivity contribution < 1.29 is 58.4 Å². The molecule has 7 nitrogen and oxygen atoms in total. The first-order chi connectivity index (χ1) is 17.4. The van der Waals surface area contributed by atoms with Gasteiger partial charge in [0.1, 0.15) is 11.5 Å². The van der Waals surface area contributed by atoms with Crippen molar-refractivity contribution in [3.8, 4) is 5.75 Å². The van der Waals surface area contributed by atoms with Crippen LogP contribution in [-0.4, -0.2) is 72.2 Å². The lowest BCUT2D eigenvalue weighted by molar-refractivity contribution is -0.356. The summed E-state index contributed by atoms with van der Waals surface area (Å²) in [4.78, 5) is 25.5. The summed E-state index contributed by atoms with van der Waals surface area (Å²) in [5, 5.41) is 0. The van der Waals surface area contributed by atoms with Crippen LogP contribution in [0.2, 0.25) is 0 Å². The zero-order valence-electron chi connectivity index (χ0n) is 19.1. The van der Waals surface area contributed by atoms with Gasteiger partial charge in [0.2, 0.25) is 0 Å². The monoisotopic (exact) mass is 558 g/mol. The van der Waals surface area contributed by atoms with E-state index >= 15 is 0 Å². The van der Waals surface area contributed by atoms with E-state index in [0.29, 0.717) is 11.6 Å². The summed E-state index contributed by atoms with van der Waals surface area (Å²) in [6, 6.07) is 6.51. The molecule has 0 saturated heterocycles. The van der Waals surface area contributed by atoms with E-state index in [0.717, 1.165) is 18.2 Å². The lowest BCUT2D eigenvalue weighted by atomic mass is 9.85. The van der Waals surface area contributed by atoms with Gasteiger partial charge in [-0.2, -0.15) is 34.8 Å². The molecule has 0 spiro atoms. The van der Waals surface area contributed by atoms with E-state index in [1.807, 2.05) is 0 Å². The third kappa shape index (κ3) is 6.73. The van der Waals surface area contributed by atoms with Crippen molar-refractivity contribution >= 4 is 45.6 Å². The average Bonchev–Trinajstić information content (AvgIpc) is 2.81. The Morgan fingerprint density at radius 3 is 1.63 bits per heavy atom. The third-order valence-electron chi connectivity index (χ3n) is 5.11. The van der Waals surface area contributed by atoms with Crippen molar-refractivity contribution in [2.24, 2.45) is 0 Å². The van der Waals surface area contributed by atoms with Crippen molar-refractivity contribution in [3.05, 3.63) is 64.2 Å². The molecule has 0 aromatic heterocycles. The second-order valence-electron chi connectivity index (χ2n) is 7.73. The van der Waals surface area contributed by atoms with Crippen LogP contribution in [0.5, 0.6) is 5.75 Å². The number of hydrogen-bond acceptors (Lipinski definition) is 6. The first kappa shape index (κ1) is 31.3. The molecule has 2 aromatic rings. The van der Waals surface area contributed by atoms with Crippen LogP contribution in [0.15, 0.2) is 36.4 Å². The fraction of sp³-hybridized carbons (Fsp3) is 0.333. The van der Waals surface area contributed by atoms with Gasteiger partial charge in [-0.1, -0.05) is 48.8 Å². The summed E-state index contributed by atoms with van der Waals surface area (Å²) < 4.78 is 121. The smallest absolute Gasteiger partial charge is 0.435 e. The largest absolute Gasteiger partial charge is 0.438 e. The molecule has 0 aliphatic carbocycles. The zero-order chi connectivity index (χ0) is 29.1. The van der Waals surface area contributed by atoms with Gasteiger partial charge in [0.15, 0.2) is 0 Å².